The lowest BCUT2D eigenvalue weighted by molar-refractivity contribution is -0.923. The average Bonchev–Trinajstić information content (AvgIpc) is 2.33. The van der Waals surface area contributed by atoms with Gasteiger partial charge in [0.15, 0.2) is 0 Å². The summed E-state index contributed by atoms with van der Waals surface area (Å²) in [5.74, 6) is 0.429. The molecule has 6 nitrogen and oxygen atoms in total. The Bertz CT molecular complexity index is 523. The molecule has 1 aromatic rings. The van der Waals surface area contributed by atoms with E-state index in [9.17, 15) is 4.79 Å². The molecule has 1 aromatic carbocycles. The minimum Gasteiger partial charge on any atom is -0.726 e. The third-order valence-corrected chi connectivity index (χ3v) is 3.27. The summed E-state index contributed by atoms with van der Waals surface area (Å²) in [6, 6.07) is 10.5. The summed E-state index contributed by atoms with van der Waals surface area (Å²) in [5.41, 5.74) is 1.37. The lowest BCUT2D eigenvalue weighted by Gasteiger charge is -2.37. The van der Waals surface area contributed by atoms with E-state index in [-0.39, 0.29) is 0 Å². The van der Waals surface area contributed by atoms with Crippen LogP contribution in [0.2, 0.25) is 0 Å². The molecule has 0 amide bonds. The highest BCUT2D eigenvalue weighted by Gasteiger charge is 2.28. The zero-order chi connectivity index (χ0) is 15.2. The van der Waals surface area contributed by atoms with Gasteiger partial charge in [-0.3, -0.25) is 9.35 Å². The van der Waals surface area contributed by atoms with Gasteiger partial charge < -0.3 is 9.04 Å². The monoisotopic (exact) mass is 301 g/mol. The van der Waals surface area contributed by atoms with Crippen LogP contribution >= 0.6 is 0 Å². The molecule has 7 heteroatoms. The second kappa shape index (κ2) is 6.94. The first kappa shape index (κ1) is 16.8. The molecule has 1 fully saturated rings. The number of Topliss-reactive ketones (excluding diaryl/α,β-unsaturated/α-hetero) is 1. The van der Waals surface area contributed by atoms with Crippen molar-refractivity contribution in [2.45, 2.75) is 19.4 Å². The van der Waals surface area contributed by atoms with Gasteiger partial charge in [0.05, 0.1) is 33.0 Å². The highest BCUT2D eigenvalue weighted by Crippen LogP contribution is 2.18. The van der Waals surface area contributed by atoms with Crippen LogP contribution in [0.5, 0.6) is 0 Å². The maximum Gasteiger partial charge on any atom is 0.215 e. The van der Waals surface area contributed by atoms with Crippen LogP contribution in [0.3, 0.4) is 0 Å². The molecular formula is C13H19NO5S. The molecule has 1 aliphatic heterocycles. The Kier molecular flexibility index (Phi) is 5.82. The predicted molar refractivity (Wildman–Crippen MR) is 72.6 cm³/mol. The third kappa shape index (κ3) is 7.34. The van der Waals surface area contributed by atoms with Crippen molar-refractivity contribution < 1.29 is 26.8 Å². The van der Waals surface area contributed by atoms with Crippen molar-refractivity contribution in [3.05, 3.63) is 35.9 Å². The molecular weight excluding hydrogens is 282 g/mol. The second-order valence-electron chi connectivity index (χ2n) is 5.18. The number of hydrogen-bond acceptors (Lipinski definition) is 4. The first-order valence-corrected chi connectivity index (χ1v) is 7.62. The highest BCUT2D eigenvalue weighted by atomic mass is 32.3. The van der Waals surface area contributed by atoms with Crippen LogP contribution in [0.15, 0.2) is 30.3 Å². The SMILES string of the molecule is C[N+]1(Cc2ccccc2)CCC(=O)CC1.O=S(=O)([O-])O. The number of piperidine rings is 1. The molecule has 2 rings (SSSR count). The molecule has 0 aromatic heterocycles. The topological polar surface area (TPSA) is 94.5 Å². The minimum absolute atomic E-state index is 0.429. The van der Waals surface area contributed by atoms with E-state index in [0.717, 1.165) is 37.0 Å². The number of likely N-dealkylation sites (tertiary alicyclic amines) is 1. The standard InChI is InChI=1S/C13H18NO.H2O4S/c1-14(9-7-13(15)8-10-14)11-12-5-3-2-4-6-12;1-5(2,3)4/h2-6H,7-11H2,1H3;(H2,1,2,3,4)/q+1;/p-1. The summed E-state index contributed by atoms with van der Waals surface area (Å²) in [5, 5.41) is 0. The second-order valence-corrected chi connectivity index (χ2v) is 6.03. The molecule has 0 unspecified atom stereocenters. The molecule has 1 N–H and O–H groups in total. The van der Waals surface area contributed by atoms with E-state index in [1.165, 1.54) is 5.56 Å². The Morgan fingerprint density at radius 3 is 2.10 bits per heavy atom. The first-order chi connectivity index (χ1) is 9.18. The Hall–Kier alpha value is -1.28. The molecule has 1 heterocycles. The molecule has 0 spiro atoms. The van der Waals surface area contributed by atoms with Gasteiger partial charge >= 0.3 is 0 Å². The zero-order valence-electron chi connectivity index (χ0n) is 11.4. The van der Waals surface area contributed by atoms with Crippen molar-refractivity contribution in [3.8, 4) is 0 Å². The van der Waals surface area contributed by atoms with Crippen molar-refractivity contribution in [3.63, 3.8) is 0 Å². The normalized spacial score (nSPS) is 18.1. The van der Waals surface area contributed by atoms with Gasteiger partial charge in [-0.1, -0.05) is 30.3 Å². The Morgan fingerprint density at radius 1 is 1.20 bits per heavy atom. The smallest absolute Gasteiger partial charge is 0.215 e. The van der Waals surface area contributed by atoms with Gasteiger partial charge in [0, 0.05) is 5.56 Å². The van der Waals surface area contributed by atoms with Crippen LogP contribution in [0.4, 0.5) is 0 Å². The van der Waals surface area contributed by atoms with E-state index >= 15 is 0 Å². The third-order valence-electron chi connectivity index (χ3n) is 3.27. The molecule has 0 saturated carbocycles. The number of nitrogens with zero attached hydrogens (tertiary/aromatic N) is 1. The van der Waals surface area contributed by atoms with E-state index in [1.807, 2.05) is 6.07 Å². The fraction of sp³-hybridized carbons (Fsp3) is 0.462. The summed E-state index contributed by atoms with van der Waals surface area (Å²) in [7, 11) is -2.67. The molecule has 0 radical (unpaired) electrons. The quantitative estimate of drug-likeness (QED) is 0.499. The molecule has 0 aliphatic carbocycles. The van der Waals surface area contributed by atoms with Crippen LogP contribution in [0, 0.1) is 0 Å². The fourth-order valence-electron chi connectivity index (χ4n) is 2.21. The van der Waals surface area contributed by atoms with E-state index in [4.69, 9.17) is 17.5 Å². The summed E-state index contributed by atoms with van der Waals surface area (Å²) < 4.78 is 33.8. The van der Waals surface area contributed by atoms with Gasteiger partial charge in [0.25, 0.3) is 0 Å². The predicted octanol–water partition coefficient (Wildman–Crippen LogP) is 1.00. The molecule has 1 saturated heterocycles. The molecule has 1 aliphatic rings. The minimum atomic E-state index is -4.92. The van der Waals surface area contributed by atoms with E-state index in [1.54, 1.807) is 0 Å². The molecule has 0 atom stereocenters. The fourth-order valence-corrected chi connectivity index (χ4v) is 2.21. The van der Waals surface area contributed by atoms with Gasteiger partial charge in [0.2, 0.25) is 10.4 Å². The van der Waals surface area contributed by atoms with Crippen molar-refractivity contribution in [1.82, 2.24) is 0 Å². The number of carbonyl (C=O) groups excluding carboxylic acids is 1. The lowest BCUT2D eigenvalue weighted by Crippen LogP contribution is -2.49. The largest absolute Gasteiger partial charge is 0.726 e. The Balaban J connectivity index is 0.000000347. The Morgan fingerprint density at radius 2 is 1.65 bits per heavy atom. The van der Waals surface area contributed by atoms with Crippen LogP contribution in [0.1, 0.15) is 18.4 Å². The van der Waals surface area contributed by atoms with Crippen molar-refractivity contribution in [2.24, 2.45) is 0 Å². The van der Waals surface area contributed by atoms with Gasteiger partial charge in [-0.05, 0) is 0 Å². The molecule has 0 bridgehead atoms. The van der Waals surface area contributed by atoms with Crippen molar-refractivity contribution in [2.75, 3.05) is 20.1 Å². The van der Waals surface area contributed by atoms with E-state index in [0.29, 0.717) is 5.78 Å². The highest BCUT2D eigenvalue weighted by molar-refractivity contribution is 7.79. The maximum absolute atomic E-state index is 11.2. The Labute approximate surface area is 119 Å². The zero-order valence-corrected chi connectivity index (χ0v) is 12.2. The van der Waals surface area contributed by atoms with Gasteiger partial charge in [-0.25, -0.2) is 8.42 Å². The maximum atomic E-state index is 11.2. The van der Waals surface area contributed by atoms with E-state index in [2.05, 4.69) is 31.3 Å². The number of rotatable bonds is 2. The molecule has 20 heavy (non-hydrogen) atoms. The summed E-state index contributed by atoms with van der Waals surface area (Å²) >= 11 is 0. The first-order valence-electron chi connectivity index (χ1n) is 6.25. The number of quaternary nitrogens is 1. The average molecular weight is 301 g/mol. The lowest BCUT2D eigenvalue weighted by atomic mass is 10.1. The van der Waals surface area contributed by atoms with Crippen LogP contribution in [0.25, 0.3) is 0 Å². The van der Waals surface area contributed by atoms with Gasteiger partial charge in [-0.15, -0.1) is 0 Å². The van der Waals surface area contributed by atoms with E-state index < -0.39 is 10.4 Å². The summed E-state index contributed by atoms with van der Waals surface area (Å²) in [6.45, 7) is 3.04. The van der Waals surface area contributed by atoms with Crippen molar-refractivity contribution in [1.29, 1.82) is 0 Å². The van der Waals surface area contributed by atoms with Crippen LogP contribution < -0.4 is 0 Å². The van der Waals surface area contributed by atoms with Crippen molar-refractivity contribution >= 4 is 16.2 Å². The number of ketones is 1. The summed E-state index contributed by atoms with van der Waals surface area (Å²) in [4.78, 5) is 11.2. The molecule has 112 valence electrons. The van der Waals surface area contributed by atoms with Gasteiger partial charge in [-0.2, -0.15) is 0 Å². The number of carbonyl (C=O) groups is 1. The number of benzene rings is 1. The van der Waals surface area contributed by atoms with Crippen LogP contribution in [-0.4, -0.2) is 47.9 Å². The summed E-state index contributed by atoms with van der Waals surface area (Å²) in [6.07, 6.45) is 1.51. The van der Waals surface area contributed by atoms with Gasteiger partial charge in [0.1, 0.15) is 12.3 Å². The van der Waals surface area contributed by atoms with Crippen LogP contribution in [-0.2, 0) is 21.7 Å². The number of hydrogen-bond donors (Lipinski definition) is 1.